The highest BCUT2D eigenvalue weighted by molar-refractivity contribution is 9.10. The van der Waals surface area contributed by atoms with Crippen molar-refractivity contribution in [3.8, 4) is 0 Å². The maximum absolute atomic E-state index is 10.2. The summed E-state index contributed by atoms with van der Waals surface area (Å²) in [4.78, 5) is 10.2. The summed E-state index contributed by atoms with van der Waals surface area (Å²) in [7, 11) is 0. The first-order valence-corrected chi connectivity index (χ1v) is 12.2. The minimum absolute atomic E-state index is 0.454. The fourth-order valence-corrected chi connectivity index (χ4v) is 4.31. The summed E-state index contributed by atoms with van der Waals surface area (Å²) in [6.45, 7) is 4.18. The number of hydrogen-bond donors (Lipinski definition) is 1. The zero-order valence-electron chi connectivity index (χ0n) is 17.6. The van der Waals surface area contributed by atoms with Gasteiger partial charge in [0.05, 0.1) is 0 Å². The van der Waals surface area contributed by atoms with Gasteiger partial charge in [0.1, 0.15) is 5.78 Å². The number of nitrogens with two attached hydrogens (primary N) is 1. The van der Waals surface area contributed by atoms with Crippen LogP contribution in [-0.4, -0.2) is 5.78 Å². The molecule has 2 nitrogen and oxygen atoms in total. The van der Waals surface area contributed by atoms with E-state index in [0.717, 1.165) is 41.8 Å². The largest absolute Gasteiger partial charge is 0.399 e. The van der Waals surface area contributed by atoms with Crippen LogP contribution in [0.5, 0.6) is 0 Å². The van der Waals surface area contributed by atoms with E-state index in [9.17, 15) is 4.79 Å². The summed E-state index contributed by atoms with van der Waals surface area (Å²) in [6, 6.07) is 12.5. The maximum Gasteiger partial charge on any atom is 0.132 e. The lowest BCUT2D eigenvalue weighted by Crippen LogP contribution is -1.98. The van der Waals surface area contributed by atoms with E-state index in [1.165, 1.54) is 53.3 Å². The van der Waals surface area contributed by atoms with Gasteiger partial charge >= 0.3 is 0 Å². The summed E-state index contributed by atoms with van der Waals surface area (Å²) < 4.78 is 2.34. The normalized spacial score (nSPS) is 16.1. The van der Waals surface area contributed by atoms with Crippen molar-refractivity contribution in [1.82, 2.24) is 0 Å². The van der Waals surface area contributed by atoms with E-state index >= 15 is 0 Å². The second-order valence-electron chi connectivity index (χ2n) is 8.19. The molecule has 0 spiro atoms. The van der Waals surface area contributed by atoms with Gasteiger partial charge in [0.25, 0.3) is 0 Å². The summed E-state index contributed by atoms with van der Waals surface area (Å²) in [5, 5.41) is 0. The molecule has 2 N–H and O–H groups in total. The molecule has 0 saturated heterocycles. The fourth-order valence-electron chi connectivity index (χ4n) is 3.82. The van der Waals surface area contributed by atoms with Crippen molar-refractivity contribution in [3.63, 3.8) is 0 Å². The average Bonchev–Trinajstić information content (AvgIpc) is 3.37. The van der Waals surface area contributed by atoms with E-state index in [1.807, 2.05) is 25.1 Å². The Morgan fingerprint density at radius 1 is 0.862 bits per heavy atom. The number of ketones is 1. The van der Waals surface area contributed by atoms with Gasteiger partial charge in [0.2, 0.25) is 0 Å². The van der Waals surface area contributed by atoms with Crippen molar-refractivity contribution in [2.45, 2.75) is 71.6 Å². The number of aryl methyl sites for hydroxylation is 2. The van der Waals surface area contributed by atoms with Crippen molar-refractivity contribution < 1.29 is 4.79 Å². The Morgan fingerprint density at radius 3 is 1.86 bits per heavy atom. The van der Waals surface area contributed by atoms with Crippen LogP contribution in [-0.2, 0) is 11.2 Å². The van der Waals surface area contributed by atoms with Gasteiger partial charge < -0.3 is 5.73 Å². The molecular weight excluding hydrogens is 490 g/mol. The van der Waals surface area contributed by atoms with Gasteiger partial charge in [0.15, 0.2) is 0 Å². The lowest BCUT2D eigenvalue weighted by molar-refractivity contribution is -0.117. The zero-order chi connectivity index (χ0) is 21.2. The zero-order valence-corrected chi connectivity index (χ0v) is 20.8. The number of halogens is 2. The molecule has 4 rings (SSSR count). The van der Waals surface area contributed by atoms with Gasteiger partial charge in [-0.15, -0.1) is 0 Å². The van der Waals surface area contributed by atoms with Gasteiger partial charge in [-0.3, -0.25) is 4.79 Å². The van der Waals surface area contributed by atoms with E-state index in [2.05, 4.69) is 57.0 Å². The number of carbonyl (C=O) groups excluding carboxylic acids is 1. The molecule has 0 aromatic heterocycles. The Balaban J connectivity index is 0.000000171. The van der Waals surface area contributed by atoms with Crippen LogP contribution in [0.4, 0.5) is 5.69 Å². The summed E-state index contributed by atoms with van der Waals surface area (Å²) >= 11 is 6.92. The Morgan fingerprint density at radius 2 is 1.41 bits per heavy atom. The Kier molecular flexibility index (Phi) is 10.4. The van der Waals surface area contributed by atoms with Crippen molar-refractivity contribution in [2.24, 2.45) is 5.92 Å². The molecule has 2 saturated carbocycles. The molecule has 2 aliphatic carbocycles. The number of benzene rings is 2. The number of Topliss-reactive ketones (excluding diaryl/α,β-unsaturated/α-hetero) is 1. The molecule has 0 radical (unpaired) electrons. The van der Waals surface area contributed by atoms with E-state index < -0.39 is 0 Å². The molecule has 0 atom stereocenters. The molecule has 0 amide bonds. The maximum atomic E-state index is 10.2. The Labute approximate surface area is 192 Å². The molecule has 0 aliphatic heterocycles. The lowest BCUT2D eigenvalue weighted by atomic mass is 9.97. The minimum Gasteiger partial charge on any atom is -0.399 e. The molecule has 0 bridgehead atoms. The molecule has 2 aliphatic rings. The number of rotatable bonds is 2. The van der Waals surface area contributed by atoms with Crippen LogP contribution < -0.4 is 5.73 Å². The van der Waals surface area contributed by atoms with Crippen molar-refractivity contribution in [3.05, 3.63) is 62.0 Å². The van der Waals surface area contributed by atoms with Crippen molar-refractivity contribution in [1.29, 1.82) is 0 Å². The molecule has 4 heteroatoms. The monoisotopic (exact) mass is 521 g/mol. The van der Waals surface area contributed by atoms with E-state index in [-0.39, 0.29) is 0 Å². The van der Waals surface area contributed by atoms with Crippen molar-refractivity contribution >= 4 is 43.3 Å². The molecule has 2 aromatic rings. The smallest absolute Gasteiger partial charge is 0.132 e. The van der Waals surface area contributed by atoms with Gasteiger partial charge in [-0.05, 0) is 80.0 Å². The van der Waals surface area contributed by atoms with E-state index in [4.69, 9.17) is 5.73 Å². The fraction of sp³-hybridized carbons (Fsp3) is 0.480. The third-order valence-electron chi connectivity index (χ3n) is 5.56. The molecule has 29 heavy (non-hydrogen) atoms. The van der Waals surface area contributed by atoms with E-state index in [0.29, 0.717) is 5.78 Å². The Hall–Kier alpha value is -1.13. The molecule has 0 unspecified atom stereocenters. The number of carbonyl (C=O) groups is 1. The van der Waals surface area contributed by atoms with Gasteiger partial charge in [-0.25, -0.2) is 0 Å². The standard InChI is InChI=1S/C13H17Br.C7H8BrN.C5H8O/c1-10-8-12(6-7-13(10)14)9-11-4-2-3-5-11;1-5-4-6(9)2-3-7(5)8;6-5-3-1-2-4-5/h6-8,11H,2-5,9H2,1H3;2-4H,9H2,1H3;1-4H2. The van der Waals surface area contributed by atoms with Gasteiger partial charge in [-0.2, -0.15) is 0 Å². The lowest BCUT2D eigenvalue weighted by Gasteiger charge is -2.09. The predicted octanol–water partition coefficient (Wildman–Crippen LogP) is 7.96. The van der Waals surface area contributed by atoms with Crippen LogP contribution in [0.25, 0.3) is 0 Å². The van der Waals surface area contributed by atoms with Gasteiger partial charge in [-0.1, -0.05) is 69.7 Å². The third kappa shape index (κ3) is 9.04. The van der Waals surface area contributed by atoms with E-state index in [1.54, 1.807) is 0 Å². The second kappa shape index (κ2) is 12.5. The van der Waals surface area contributed by atoms with Crippen LogP contribution in [0.15, 0.2) is 45.3 Å². The SMILES string of the molecule is Cc1cc(CC2CCCC2)ccc1Br.Cc1cc(N)ccc1Br.O=C1CCCC1. The predicted molar refractivity (Wildman–Crippen MR) is 131 cm³/mol. The number of hydrogen-bond acceptors (Lipinski definition) is 2. The molecule has 2 aromatic carbocycles. The highest BCUT2D eigenvalue weighted by Crippen LogP contribution is 2.29. The third-order valence-corrected chi connectivity index (χ3v) is 7.34. The molecular formula is C25H33Br2NO. The quantitative estimate of drug-likeness (QED) is 0.406. The van der Waals surface area contributed by atoms with Crippen molar-refractivity contribution in [2.75, 3.05) is 5.73 Å². The second-order valence-corrected chi connectivity index (χ2v) is 9.90. The molecule has 2 fully saturated rings. The molecule has 158 valence electrons. The number of nitrogen functional groups attached to an aromatic ring is 1. The van der Waals surface area contributed by atoms with Crippen LogP contribution in [0.2, 0.25) is 0 Å². The minimum atomic E-state index is 0.454. The van der Waals surface area contributed by atoms with Gasteiger partial charge in [0, 0.05) is 27.5 Å². The number of anilines is 1. The summed E-state index contributed by atoms with van der Waals surface area (Å²) in [5.74, 6) is 1.41. The van der Waals surface area contributed by atoms with Crippen LogP contribution >= 0.6 is 31.9 Å². The first-order valence-electron chi connectivity index (χ1n) is 10.6. The first-order chi connectivity index (χ1) is 13.8. The summed E-state index contributed by atoms with van der Waals surface area (Å²) in [6.07, 6.45) is 11.0. The average molecular weight is 523 g/mol. The topological polar surface area (TPSA) is 43.1 Å². The highest BCUT2D eigenvalue weighted by atomic mass is 79.9. The van der Waals surface area contributed by atoms with Crippen LogP contribution in [0.1, 0.15) is 68.1 Å². The first kappa shape index (κ1) is 24.1. The highest BCUT2D eigenvalue weighted by Gasteiger charge is 2.15. The Bertz CT molecular complexity index is 789. The summed E-state index contributed by atoms with van der Waals surface area (Å²) in [5.41, 5.74) is 10.4. The van der Waals surface area contributed by atoms with Crippen LogP contribution in [0.3, 0.4) is 0 Å². The molecule has 0 heterocycles. The van der Waals surface area contributed by atoms with Crippen LogP contribution in [0, 0.1) is 19.8 Å².